The summed E-state index contributed by atoms with van der Waals surface area (Å²) in [6.07, 6.45) is 1.09. The lowest BCUT2D eigenvalue weighted by Crippen LogP contribution is -2.25. The van der Waals surface area contributed by atoms with Crippen LogP contribution in [0, 0.1) is 5.41 Å². The van der Waals surface area contributed by atoms with Crippen molar-refractivity contribution >= 4 is 11.6 Å². The van der Waals surface area contributed by atoms with E-state index in [2.05, 4.69) is 13.8 Å². The summed E-state index contributed by atoms with van der Waals surface area (Å²) in [5.74, 6) is 1.39. The minimum atomic E-state index is 0.0393. The predicted octanol–water partition coefficient (Wildman–Crippen LogP) is 2.70. The van der Waals surface area contributed by atoms with Crippen LogP contribution < -0.4 is 15.2 Å². The highest BCUT2D eigenvalue weighted by molar-refractivity contribution is 6.32. The maximum atomic E-state index is 6.21. The van der Waals surface area contributed by atoms with Crippen LogP contribution in [0.15, 0.2) is 12.1 Å². The van der Waals surface area contributed by atoms with E-state index in [0.717, 1.165) is 12.2 Å². The number of rotatable bonds is 2. The van der Waals surface area contributed by atoms with E-state index in [1.807, 2.05) is 12.1 Å². The predicted molar refractivity (Wildman–Crippen MR) is 66.7 cm³/mol. The highest BCUT2D eigenvalue weighted by Gasteiger charge is 2.61. The van der Waals surface area contributed by atoms with Gasteiger partial charge in [-0.3, -0.25) is 0 Å². The molecule has 3 rings (SSSR count). The quantitative estimate of drug-likeness (QED) is 0.881. The van der Waals surface area contributed by atoms with Crippen LogP contribution in [-0.4, -0.2) is 13.3 Å². The fourth-order valence-corrected chi connectivity index (χ4v) is 3.18. The Bertz CT molecular complexity index is 487. The lowest BCUT2D eigenvalue weighted by atomic mass is 9.88. The largest absolute Gasteiger partial charge is 0.454 e. The Labute approximate surface area is 106 Å². The lowest BCUT2D eigenvalue weighted by Gasteiger charge is -2.19. The molecule has 1 heterocycles. The van der Waals surface area contributed by atoms with Gasteiger partial charge in [0.2, 0.25) is 6.79 Å². The van der Waals surface area contributed by atoms with Gasteiger partial charge in [0.05, 0.1) is 5.02 Å². The van der Waals surface area contributed by atoms with Crippen molar-refractivity contribution < 1.29 is 9.47 Å². The second-order valence-corrected chi connectivity index (χ2v) is 5.95. The van der Waals surface area contributed by atoms with Crippen LogP contribution in [0.4, 0.5) is 0 Å². The summed E-state index contributed by atoms with van der Waals surface area (Å²) in [6.45, 7) is 5.35. The van der Waals surface area contributed by atoms with Gasteiger partial charge in [-0.2, -0.15) is 0 Å². The van der Waals surface area contributed by atoms with E-state index in [4.69, 9.17) is 26.8 Å². The van der Waals surface area contributed by atoms with Crippen molar-refractivity contribution in [2.24, 2.45) is 11.1 Å². The molecule has 0 amide bonds. The van der Waals surface area contributed by atoms with E-state index in [1.165, 1.54) is 5.56 Å². The Morgan fingerprint density at radius 3 is 2.65 bits per heavy atom. The second kappa shape index (κ2) is 3.30. The third kappa shape index (κ3) is 1.39. The molecule has 1 atom stereocenters. The van der Waals surface area contributed by atoms with Crippen LogP contribution in [-0.2, 0) is 5.41 Å². The van der Waals surface area contributed by atoms with Gasteiger partial charge in [0, 0.05) is 12.0 Å². The summed E-state index contributed by atoms with van der Waals surface area (Å²) < 4.78 is 10.7. The van der Waals surface area contributed by atoms with Crippen molar-refractivity contribution in [2.75, 3.05) is 13.3 Å². The summed E-state index contributed by atoms with van der Waals surface area (Å²) in [5.41, 5.74) is 7.40. The van der Waals surface area contributed by atoms with Gasteiger partial charge >= 0.3 is 0 Å². The summed E-state index contributed by atoms with van der Waals surface area (Å²) in [4.78, 5) is 0. The van der Waals surface area contributed by atoms with Crippen molar-refractivity contribution in [1.82, 2.24) is 0 Å². The lowest BCUT2D eigenvalue weighted by molar-refractivity contribution is 0.174. The molecule has 2 aliphatic rings. The first-order valence-electron chi connectivity index (χ1n) is 5.80. The Kier molecular flexibility index (Phi) is 2.17. The zero-order valence-corrected chi connectivity index (χ0v) is 10.8. The molecule has 1 aromatic carbocycles. The van der Waals surface area contributed by atoms with Crippen LogP contribution in [0.3, 0.4) is 0 Å². The summed E-state index contributed by atoms with van der Waals surface area (Å²) in [7, 11) is 0. The van der Waals surface area contributed by atoms with Crippen LogP contribution >= 0.6 is 11.6 Å². The monoisotopic (exact) mass is 253 g/mol. The van der Waals surface area contributed by atoms with Crippen molar-refractivity contribution in [3.8, 4) is 11.5 Å². The maximum absolute atomic E-state index is 6.21. The Morgan fingerprint density at radius 2 is 2.06 bits per heavy atom. The topological polar surface area (TPSA) is 44.5 Å². The number of ether oxygens (including phenoxy) is 2. The van der Waals surface area contributed by atoms with Gasteiger partial charge in [0.25, 0.3) is 0 Å². The third-order valence-corrected chi connectivity index (χ3v) is 4.52. The van der Waals surface area contributed by atoms with Crippen LogP contribution in [0.25, 0.3) is 0 Å². The van der Waals surface area contributed by atoms with E-state index in [9.17, 15) is 0 Å². The van der Waals surface area contributed by atoms with Crippen molar-refractivity contribution in [3.05, 3.63) is 22.7 Å². The SMILES string of the molecule is CC1(C)CC1(CN)c1cc(Cl)c2c(c1)OCO2. The van der Waals surface area contributed by atoms with E-state index in [-0.39, 0.29) is 17.6 Å². The molecule has 4 heteroatoms. The smallest absolute Gasteiger partial charge is 0.231 e. The van der Waals surface area contributed by atoms with Crippen LogP contribution in [0.1, 0.15) is 25.8 Å². The van der Waals surface area contributed by atoms with Gasteiger partial charge in [-0.25, -0.2) is 0 Å². The molecule has 1 aliphatic carbocycles. The molecule has 0 saturated heterocycles. The summed E-state index contributed by atoms with van der Waals surface area (Å²) in [6, 6.07) is 3.99. The number of nitrogens with two attached hydrogens (primary N) is 1. The van der Waals surface area contributed by atoms with Gasteiger partial charge in [-0.05, 0) is 29.5 Å². The fourth-order valence-electron chi connectivity index (χ4n) is 2.91. The number of halogens is 1. The Hall–Kier alpha value is -0.930. The van der Waals surface area contributed by atoms with Crippen molar-refractivity contribution in [3.63, 3.8) is 0 Å². The first kappa shape index (κ1) is 11.2. The normalized spacial score (nSPS) is 28.2. The molecular formula is C13H16ClNO2. The molecule has 1 fully saturated rings. The number of fused-ring (bicyclic) bond motifs is 1. The summed E-state index contributed by atoms with van der Waals surface area (Å²) in [5, 5.41) is 0.616. The average molecular weight is 254 g/mol. The van der Waals surface area contributed by atoms with Gasteiger partial charge in [-0.1, -0.05) is 25.4 Å². The van der Waals surface area contributed by atoms with Gasteiger partial charge in [0.1, 0.15) is 0 Å². The molecule has 3 nitrogen and oxygen atoms in total. The molecule has 0 aromatic heterocycles. The molecule has 2 N–H and O–H groups in total. The number of benzene rings is 1. The Balaban J connectivity index is 2.09. The van der Waals surface area contributed by atoms with E-state index in [0.29, 0.717) is 17.3 Å². The average Bonchev–Trinajstić information content (AvgIpc) is 2.65. The van der Waals surface area contributed by atoms with E-state index in [1.54, 1.807) is 0 Å². The third-order valence-electron chi connectivity index (χ3n) is 4.24. The zero-order valence-electron chi connectivity index (χ0n) is 10.0. The van der Waals surface area contributed by atoms with E-state index >= 15 is 0 Å². The minimum absolute atomic E-state index is 0.0393. The van der Waals surface area contributed by atoms with E-state index < -0.39 is 0 Å². The number of hydrogen-bond donors (Lipinski definition) is 1. The first-order valence-corrected chi connectivity index (χ1v) is 6.18. The molecule has 0 radical (unpaired) electrons. The Morgan fingerprint density at radius 1 is 1.35 bits per heavy atom. The van der Waals surface area contributed by atoms with Gasteiger partial charge in [0.15, 0.2) is 11.5 Å². The standard InChI is InChI=1S/C13H16ClNO2/c1-12(2)5-13(12,6-15)8-3-9(14)11-10(4-8)16-7-17-11/h3-4H,5-7,15H2,1-2H3. The fraction of sp³-hybridized carbons (Fsp3) is 0.538. The summed E-state index contributed by atoms with van der Waals surface area (Å²) >= 11 is 6.21. The molecule has 0 bridgehead atoms. The highest BCUT2D eigenvalue weighted by Crippen LogP contribution is 2.64. The van der Waals surface area contributed by atoms with Crippen molar-refractivity contribution in [2.45, 2.75) is 25.7 Å². The van der Waals surface area contributed by atoms with Crippen LogP contribution in [0.5, 0.6) is 11.5 Å². The van der Waals surface area contributed by atoms with Crippen molar-refractivity contribution in [1.29, 1.82) is 0 Å². The molecule has 92 valence electrons. The highest BCUT2D eigenvalue weighted by atomic mass is 35.5. The molecule has 17 heavy (non-hydrogen) atoms. The van der Waals surface area contributed by atoms with Gasteiger partial charge in [-0.15, -0.1) is 0 Å². The van der Waals surface area contributed by atoms with Crippen LogP contribution in [0.2, 0.25) is 5.02 Å². The van der Waals surface area contributed by atoms with Gasteiger partial charge < -0.3 is 15.2 Å². The molecule has 1 aliphatic heterocycles. The molecule has 1 unspecified atom stereocenters. The maximum Gasteiger partial charge on any atom is 0.231 e. The number of hydrogen-bond acceptors (Lipinski definition) is 3. The molecule has 1 saturated carbocycles. The first-order chi connectivity index (χ1) is 8.00. The minimum Gasteiger partial charge on any atom is -0.454 e. The molecule has 1 aromatic rings. The zero-order chi connectivity index (χ0) is 12.3. The second-order valence-electron chi connectivity index (χ2n) is 5.54. The molecule has 0 spiro atoms. The molecular weight excluding hydrogens is 238 g/mol.